The smallest absolute Gasteiger partial charge is 0.342 e. The average Bonchev–Trinajstić information content (AvgIpc) is 2.38. The lowest BCUT2D eigenvalue weighted by molar-refractivity contribution is 0.0524. The number of ether oxygens (including phenoxy) is 1. The number of benzene rings is 1. The second-order valence-corrected chi connectivity index (χ2v) is 4.77. The number of nitrogens with zero attached hydrogens (tertiary/aromatic N) is 1. The number of aromatic hydroxyl groups is 1. The van der Waals surface area contributed by atoms with Gasteiger partial charge >= 0.3 is 5.97 Å². The monoisotopic (exact) mass is 311 g/mol. The van der Waals surface area contributed by atoms with Crippen molar-refractivity contribution >= 4 is 29.2 Å². The number of pyridine rings is 1. The predicted octanol–water partition coefficient (Wildman–Crippen LogP) is 3.94. The minimum absolute atomic E-state index is 0.0334. The van der Waals surface area contributed by atoms with Crippen molar-refractivity contribution in [3.8, 4) is 16.9 Å². The Labute approximate surface area is 125 Å². The van der Waals surface area contributed by atoms with E-state index in [0.29, 0.717) is 21.2 Å². The molecule has 0 aliphatic rings. The largest absolute Gasteiger partial charge is 0.505 e. The Morgan fingerprint density at radius 3 is 2.70 bits per heavy atom. The number of aromatic nitrogens is 1. The Hall–Kier alpha value is -1.78. The van der Waals surface area contributed by atoms with Crippen molar-refractivity contribution in [2.24, 2.45) is 0 Å². The average molecular weight is 312 g/mol. The Balaban J connectivity index is 2.62. The molecule has 1 aromatic carbocycles. The molecule has 0 atom stereocenters. The van der Waals surface area contributed by atoms with E-state index in [2.05, 4.69) is 4.98 Å². The Morgan fingerprint density at radius 1 is 1.30 bits per heavy atom. The van der Waals surface area contributed by atoms with E-state index in [4.69, 9.17) is 27.9 Å². The highest BCUT2D eigenvalue weighted by Crippen LogP contribution is 2.35. The summed E-state index contributed by atoms with van der Waals surface area (Å²) in [5.74, 6) is -0.889. The summed E-state index contributed by atoms with van der Waals surface area (Å²) in [4.78, 5) is 15.8. The maximum atomic E-state index is 12.0. The van der Waals surface area contributed by atoms with Gasteiger partial charge in [-0.15, -0.1) is 0 Å². The van der Waals surface area contributed by atoms with Gasteiger partial charge in [0.15, 0.2) is 0 Å². The molecule has 0 bridgehead atoms. The molecule has 104 valence electrons. The molecule has 2 rings (SSSR count). The molecule has 20 heavy (non-hydrogen) atoms. The zero-order valence-electron chi connectivity index (χ0n) is 10.6. The van der Waals surface area contributed by atoms with Crippen molar-refractivity contribution in [2.45, 2.75) is 6.92 Å². The maximum Gasteiger partial charge on any atom is 0.342 e. The number of hydrogen-bond donors (Lipinski definition) is 1. The lowest BCUT2D eigenvalue weighted by Crippen LogP contribution is -2.07. The molecule has 0 aliphatic heterocycles. The van der Waals surface area contributed by atoms with Crippen LogP contribution in [0.4, 0.5) is 0 Å². The molecule has 1 heterocycles. The highest BCUT2D eigenvalue weighted by molar-refractivity contribution is 6.36. The molecule has 0 saturated heterocycles. The van der Waals surface area contributed by atoms with Crippen molar-refractivity contribution < 1.29 is 14.6 Å². The van der Waals surface area contributed by atoms with Crippen molar-refractivity contribution in [1.82, 2.24) is 4.98 Å². The summed E-state index contributed by atoms with van der Waals surface area (Å²) < 4.78 is 4.94. The summed E-state index contributed by atoms with van der Waals surface area (Å²) in [6, 6.07) is 4.85. The lowest BCUT2D eigenvalue weighted by atomic mass is 10.0. The van der Waals surface area contributed by atoms with E-state index in [1.54, 1.807) is 25.1 Å². The van der Waals surface area contributed by atoms with Gasteiger partial charge in [0.2, 0.25) is 0 Å². The highest BCUT2D eigenvalue weighted by Gasteiger charge is 2.20. The molecule has 1 aromatic heterocycles. The van der Waals surface area contributed by atoms with E-state index in [1.165, 1.54) is 12.4 Å². The summed E-state index contributed by atoms with van der Waals surface area (Å²) in [5, 5.41) is 10.7. The van der Waals surface area contributed by atoms with E-state index in [-0.39, 0.29) is 17.9 Å². The van der Waals surface area contributed by atoms with Crippen LogP contribution in [0.15, 0.2) is 30.6 Å². The van der Waals surface area contributed by atoms with Crippen LogP contribution in [0.5, 0.6) is 5.75 Å². The lowest BCUT2D eigenvalue weighted by Gasteiger charge is -2.11. The molecule has 0 unspecified atom stereocenters. The fraction of sp³-hybridized carbons (Fsp3) is 0.143. The van der Waals surface area contributed by atoms with Crippen molar-refractivity contribution in [2.75, 3.05) is 6.61 Å². The number of carbonyl (C=O) groups is 1. The minimum atomic E-state index is -0.631. The van der Waals surface area contributed by atoms with Gasteiger partial charge in [-0.3, -0.25) is 4.98 Å². The molecule has 0 spiro atoms. The van der Waals surface area contributed by atoms with E-state index < -0.39 is 5.97 Å². The first-order chi connectivity index (χ1) is 9.54. The van der Waals surface area contributed by atoms with Crippen molar-refractivity contribution in [3.63, 3.8) is 0 Å². The molecule has 4 nitrogen and oxygen atoms in total. The maximum absolute atomic E-state index is 12.0. The number of halogens is 2. The fourth-order valence-electron chi connectivity index (χ4n) is 1.78. The molecule has 6 heteroatoms. The number of rotatable bonds is 3. The molecule has 0 aliphatic carbocycles. The second-order valence-electron chi connectivity index (χ2n) is 3.93. The molecule has 0 radical (unpaired) electrons. The molecular formula is C14H11Cl2NO3. The quantitative estimate of drug-likeness (QED) is 0.872. The first-order valence-electron chi connectivity index (χ1n) is 5.84. The summed E-state index contributed by atoms with van der Waals surface area (Å²) in [6.07, 6.45) is 2.63. The van der Waals surface area contributed by atoms with Gasteiger partial charge in [-0.1, -0.05) is 29.3 Å². The van der Waals surface area contributed by atoms with Crippen LogP contribution < -0.4 is 0 Å². The predicted molar refractivity (Wildman–Crippen MR) is 77.3 cm³/mol. The molecular weight excluding hydrogens is 301 g/mol. The summed E-state index contributed by atoms with van der Waals surface area (Å²) in [7, 11) is 0. The van der Waals surface area contributed by atoms with Gasteiger partial charge in [-0.05, 0) is 19.1 Å². The van der Waals surface area contributed by atoms with Crippen LogP contribution in [0.1, 0.15) is 17.3 Å². The van der Waals surface area contributed by atoms with Crippen molar-refractivity contribution in [3.05, 3.63) is 46.2 Å². The first kappa shape index (κ1) is 14.6. The van der Waals surface area contributed by atoms with Gasteiger partial charge < -0.3 is 9.84 Å². The Morgan fingerprint density at radius 2 is 2.05 bits per heavy atom. The zero-order valence-corrected chi connectivity index (χ0v) is 12.1. The Kier molecular flexibility index (Phi) is 4.47. The third-order valence-electron chi connectivity index (χ3n) is 2.63. The first-order valence-corrected chi connectivity index (χ1v) is 6.59. The van der Waals surface area contributed by atoms with E-state index >= 15 is 0 Å². The summed E-state index contributed by atoms with van der Waals surface area (Å²) in [6.45, 7) is 1.89. The minimum Gasteiger partial charge on any atom is -0.505 e. The van der Waals surface area contributed by atoms with Crippen LogP contribution >= 0.6 is 23.2 Å². The fourth-order valence-corrected chi connectivity index (χ4v) is 2.29. The van der Waals surface area contributed by atoms with Crippen LogP contribution in [0.3, 0.4) is 0 Å². The molecule has 2 aromatic rings. The molecule has 0 fully saturated rings. The third kappa shape index (κ3) is 2.86. The Bertz CT molecular complexity index is 659. The third-order valence-corrected chi connectivity index (χ3v) is 3.17. The molecule has 0 saturated carbocycles. The highest BCUT2D eigenvalue weighted by atomic mass is 35.5. The number of carbonyl (C=O) groups excluding carboxylic acids is 1. The number of esters is 1. The van der Waals surface area contributed by atoms with Crippen LogP contribution in [-0.2, 0) is 4.74 Å². The zero-order chi connectivity index (χ0) is 14.7. The van der Waals surface area contributed by atoms with Gasteiger partial charge in [0.25, 0.3) is 0 Å². The van der Waals surface area contributed by atoms with E-state index in [0.717, 1.165) is 0 Å². The summed E-state index contributed by atoms with van der Waals surface area (Å²) in [5.41, 5.74) is 0.971. The molecule has 0 amide bonds. The van der Waals surface area contributed by atoms with Gasteiger partial charge in [0, 0.05) is 27.4 Å². The topological polar surface area (TPSA) is 59.4 Å². The van der Waals surface area contributed by atoms with Crippen LogP contribution in [-0.4, -0.2) is 22.7 Å². The van der Waals surface area contributed by atoms with Gasteiger partial charge in [0.05, 0.1) is 12.8 Å². The van der Waals surface area contributed by atoms with Crippen LogP contribution in [0.2, 0.25) is 10.0 Å². The standard InChI is InChI=1S/C14H11Cl2NO3/c1-2-20-14(19)13-10(6-17-7-12(13)18)9-4-3-8(15)5-11(9)16/h3-7,18H,2H2,1H3. The van der Waals surface area contributed by atoms with Crippen LogP contribution in [0, 0.1) is 0 Å². The SMILES string of the molecule is CCOC(=O)c1c(O)cncc1-c1ccc(Cl)cc1Cl. The van der Waals surface area contributed by atoms with Gasteiger partial charge in [-0.2, -0.15) is 0 Å². The van der Waals surface area contributed by atoms with Gasteiger partial charge in [0.1, 0.15) is 11.3 Å². The van der Waals surface area contributed by atoms with Gasteiger partial charge in [-0.25, -0.2) is 4.79 Å². The molecule has 1 N–H and O–H groups in total. The normalized spacial score (nSPS) is 10.3. The van der Waals surface area contributed by atoms with E-state index in [9.17, 15) is 9.90 Å². The summed E-state index contributed by atoms with van der Waals surface area (Å²) >= 11 is 12.0. The van der Waals surface area contributed by atoms with Crippen LogP contribution in [0.25, 0.3) is 11.1 Å². The second kappa shape index (κ2) is 6.11. The van der Waals surface area contributed by atoms with E-state index in [1.807, 2.05) is 0 Å². The number of hydrogen-bond acceptors (Lipinski definition) is 4. The van der Waals surface area contributed by atoms with Crippen molar-refractivity contribution in [1.29, 1.82) is 0 Å².